The molecule has 0 fully saturated rings. The van der Waals surface area contributed by atoms with Crippen molar-refractivity contribution in [3.8, 4) is 0 Å². The number of carbonyl (C=O) groups is 2. The first-order valence-electron chi connectivity index (χ1n) is 3.28. The molecule has 0 aliphatic carbocycles. The van der Waals surface area contributed by atoms with Crippen LogP contribution in [0.4, 0.5) is 0 Å². The highest BCUT2D eigenvalue weighted by atomic mass is 16.6. The van der Waals surface area contributed by atoms with Crippen LogP contribution >= 0.6 is 0 Å². The van der Waals surface area contributed by atoms with E-state index in [0.717, 1.165) is 0 Å². The number of nitrogens with zero attached hydrogens (tertiary/aromatic N) is 1. The van der Waals surface area contributed by atoms with E-state index in [1.54, 1.807) is 6.92 Å². The zero-order valence-electron chi connectivity index (χ0n) is 6.88. The van der Waals surface area contributed by atoms with Crippen LogP contribution in [0, 0.1) is 0 Å². The normalized spacial score (nSPS) is 11.0. The third-order valence-electron chi connectivity index (χ3n) is 1.13. The van der Waals surface area contributed by atoms with Gasteiger partial charge in [-0.3, -0.25) is 9.59 Å². The van der Waals surface area contributed by atoms with Gasteiger partial charge in [0.25, 0.3) is 0 Å². The number of hydrogen-bond donors (Lipinski definition) is 0. The van der Waals surface area contributed by atoms with E-state index in [2.05, 4.69) is 9.99 Å². The Balaban J connectivity index is 4.25. The van der Waals surface area contributed by atoms with Crippen molar-refractivity contribution in [2.45, 2.75) is 20.3 Å². The number of hydrogen-bond acceptors (Lipinski definition) is 4. The highest BCUT2D eigenvalue weighted by Crippen LogP contribution is 1.88. The second-order valence-electron chi connectivity index (χ2n) is 1.97. The highest BCUT2D eigenvalue weighted by Gasteiger charge is 2.14. The van der Waals surface area contributed by atoms with E-state index in [0.29, 0.717) is 0 Å². The summed E-state index contributed by atoms with van der Waals surface area (Å²) >= 11 is 0. The molecule has 4 nitrogen and oxygen atoms in total. The molecule has 0 aromatic carbocycles. The monoisotopic (exact) mass is 157 g/mol. The smallest absolute Gasteiger partial charge is 0.245 e. The lowest BCUT2D eigenvalue weighted by molar-refractivity contribution is -0.132. The van der Waals surface area contributed by atoms with Crippen molar-refractivity contribution in [2.75, 3.05) is 7.11 Å². The Bertz CT molecular complexity index is 196. The van der Waals surface area contributed by atoms with Crippen LogP contribution in [-0.2, 0) is 14.4 Å². The van der Waals surface area contributed by atoms with Crippen LogP contribution in [0.2, 0.25) is 0 Å². The predicted molar refractivity (Wildman–Crippen MR) is 40.4 cm³/mol. The van der Waals surface area contributed by atoms with Gasteiger partial charge in [-0.1, -0.05) is 12.1 Å². The van der Waals surface area contributed by atoms with Gasteiger partial charge in [-0.25, -0.2) is 0 Å². The molecule has 62 valence electrons. The van der Waals surface area contributed by atoms with Crippen molar-refractivity contribution in [3.05, 3.63) is 0 Å². The summed E-state index contributed by atoms with van der Waals surface area (Å²) in [5.41, 5.74) is 0.0966. The van der Waals surface area contributed by atoms with Crippen LogP contribution in [0.25, 0.3) is 0 Å². The van der Waals surface area contributed by atoms with E-state index in [9.17, 15) is 9.59 Å². The highest BCUT2D eigenvalue weighted by molar-refractivity contribution is 6.64. The molecule has 0 bridgehead atoms. The third kappa shape index (κ3) is 2.93. The van der Waals surface area contributed by atoms with Crippen molar-refractivity contribution in [1.82, 2.24) is 0 Å². The molecule has 0 saturated heterocycles. The first-order chi connectivity index (χ1) is 5.13. The summed E-state index contributed by atoms with van der Waals surface area (Å²) in [6.45, 7) is 3.07. The van der Waals surface area contributed by atoms with Crippen molar-refractivity contribution in [3.63, 3.8) is 0 Å². The Morgan fingerprint density at radius 2 is 2.00 bits per heavy atom. The van der Waals surface area contributed by atoms with Gasteiger partial charge in [0.15, 0.2) is 0 Å². The lowest BCUT2D eigenvalue weighted by Gasteiger charge is -1.94. The molecule has 4 heteroatoms. The minimum absolute atomic E-state index is 0.0966. The third-order valence-corrected chi connectivity index (χ3v) is 1.13. The van der Waals surface area contributed by atoms with Gasteiger partial charge < -0.3 is 4.84 Å². The van der Waals surface area contributed by atoms with Gasteiger partial charge in [0.2, 0.25) is 11.6 Å². The van der Waals surface area contributed by atoms with Crippen LogP contribution in [-0.4, -0.2) is 24.4 Å². The molecular formula is C7H11NO3. The number of oxime groups is 1. The molecule has 0 N–H and O–H groups in total. The van der Waals surface area contributed by atoms with Gasteiger partial charge in [-0.15, -0.1) is 0 Å². The van der Waals surface area contributed by atoms with Gasteiger partial charge in [0.05, 0.1) is 0 Å². The average molecular weight is 157 g/mol. The Labute approximate surface area is 65.2 Å². The predicted octanol–water partition coefficient (Wildman–Crippen LogP) is 0.557. The minimum atomic E-state index is -0.575. The van der Waals surface area contributed by atoms with Crippen LogP contribution in [0.3, 0.4) is 0 Å². The SMILES string of the molecule is CCC(=O)C(=O)C(C)=NOC. The maximum atomic E-state index is 10.9. The maximum Gasteiger partial charge on any atom is 0.245 e. The summed E-state index contributed by atoms with van der Waals surface area (Å²) in [7, 11) is 1.33. The number of Topliss-reactive ketones (excluding diaryl/α,β-unsaturated/α-hetero) is 2. The molecule has 0 spiro atoms. The molecule has 0 atom stereocenters. The Morgan fingerprint density at radius 1 is 1.45 bits per heavy atom. The van der Waals surface area contributed by atoms with Gasteiger partial charge in [0, 0.05) is 6.42 Å². The second kappa shape index (κ2) is 4.60. The Morgan fingerprint density at radius 3 is 2.36 bits per heavy atom. The molecule has 0 aromatic heterocycles. The molecule has 0 aromatic rings. The van der Waals surface area contributed by atoms with Crippen molar-refractivity contribution in [2.24, 2.45) is 5.16 Å². The van der Waals surface area contributed by atoms with Gasteiger partial charge in [0.1, 0.15) is 12.8 Å². The molecule has 0 saturated carbocycles. The topological polar surface area (TPSA) is 55.7 Å². The summed E-state index contributed by atoms with van der Waals surface area (Å²) < 4.78 is 0. The lowest BCUT2D eigenvalue weighted by atomic mass is 10.1. The van der Waals surface area contributed by atoms with E-state index in [4.69, 9.17) is 0 Å². The largest absolute Gasteiger partial charge is 0.399 e. The van der Waals surface area contributed by atoms with Gasteiger partial charge in [-0.2, -0.15) is 0 Å². The first-order valence-corrected chi connectivity index (χ1v) is 3.28. The molecule has 0 rings (SSSR count). The fourth-order valence-electron chi connectivity index (χ4n) is 0.541. The van der Waals surface area contributed by atoms with Crippen molar-refractivity contribution >= 4 is 17.3 Å². The van der Waals surface area contributed by atoms with Crippen LogP contribution < -0.4 is 0 Å². The van der Waals surface area contributed by atoms with E-state index in [1.807, 2.05) is 0 Å². The van der Waals surface area contributed by atoms with E-state index >= 15 is 0 Å². The number of carbonyl (C=O) groups excluding carboxylic acids is 2. The van der Waals surface area contributed by atoms with Gasteiger partial charge >= 0.3 is 0 Å². The quantitative estimate of drug-likeness (QED) is 0.340. The maximum absolute atomic E-state index is 10.9. The molecule has 0 aliphatic rings. The van der Waals surface area contributed by atoms with Crippen molar-refractivity contribution < 1.29 is 14.4 Å². The standard InChI is InChI=1S/C7H11NO3/c1-4-6(9)7(10)5(2)8-11-3/h4H2,1-3H3. The van der Waals surface area contributed by atoms with Crippen molar-refractivity contribution in [1.29, 1.82) is 0 Å². The number of rotatable bonds is 4. The zero-order valence-corrected chi connectivity index (χ0v) is 6.88. The number of ketones is 2. The summed E-state index contributed by atoms with van der Waals surface area (Å²) in [4.78, 5) is 26.0. The Hall–Kier alpha value is -1.19. The first kappa shape index (κ1) is 9.81. The van der Waals surface area contributed by atoms with Crippen LogP contribution in [0.15, 0.2) is 5.16 Å². The fraction of sp³-hybridized carbons (Fsp3) is 0.571. The van der Waals surface area contributed by atoms with E-state index < -0.39 is 11.6 Å². The molecule has 0 radical (unpaired) electrons. The average Bonchev–Trinajstić information content (AvgIpc) is 2.02. The summed E-state index contributed by atoms with van der Waals surface area (Å²) in [5, 5.41) is 3.34. The second-order valence-corrected chi connectivity index (χ2v) is 1.97. The minimum Gasteiger partial charge on any atom is -0.399 e. The molecule has 0 aliphatic heterocycles. The zero-order chi connectivity index (χ0) is 8.85. The molecular weight excluding hydrogens is 146 g/mol. The molecule has 0 heterocycles. The molecule has 0 unspecified atom stereocenters. The molecule has 0 amide bonds. The van der Waals surface area contributed by atoms with E-state index in [1.165, 1.54) is 14.0 Å². The van der Waals surface area contributed by atoms with Crippen LogP contribution in [0.5, 0.6) is 0 Å². The molecule has 11 heavy (non-hydrogen) atoms. The van der Waals surface area contributed by atoms with E-state index in [-0.39, 0.29) is 12.1 Å². The van der Waals surface area contributed by atoms with Crippen LogP contribution in [0.1, 0.15) is 20.3 Å². The lowest BCUT2D eigenvalue weighted by Crippen LogP contribution is -2.20. The van der Waals surface area contributed by atoms with Gasteiger partial charge in [-0.05, 0) is 6.92 Å². The fourth-order valence-corrected chi connectivity index (χ4v) is 0.541. The summed E-state index contributed by atoms with van der Waals surface area (Å²) in [5.74, 6) is -1.02. The Kier molecular flexibility index (Phi) is 4.10. The summed E-state index contributed by atoms with van der Waals surface area (Å²) in [6, 6.07) is 0. The summed E-state index contributed by atoms with van der Waals surface area (Å²) in [6.07, 6.45) is 0.204.